The van der Waals surface area contributed by atoms with Gasteiger partial charge in [0.2, 0.25) is 0 Å². The number of benzene rings is 1. The van der Waals surface area contributed by atoms with Crippen LogP contribution in [-0.4, -0.2) is 11.5 Å². The van der Waals surface area contributed by atoms with Gasteiger partial charge < -0.3 is 5.32 Å². The van der Waals surface area contributed by atoms with Crippen molar-refractivity contribution in [3.05, 3.63) is 63.3 Å². The second kappa shape index (κ2) is 7.04. The van der Waals surface area contributed by atoms with E-state index in [1.807, 2.05) is 42.6 Å². The highest BCUT2D eigenvalue weighted by atomic mass is 79.9. The molecule has 1 atom stereocenters. The second-order valence-corrected chi connectivity index (χ2v) is 5.60. The maximum Gasteiger partial charge on any atom is 0.0763 e. The zero-order valence-electron chi connectivity index (χ0n) is 10.7. The summed E-state index contributed by atoms with van der Waals surface area (Å²) in [5.74, 6) is 0. The smallest absolute Gasteiger partial charge is 0.0763 e. The quantitative estimate of drug-likeness (QED) is 0.862. The van der Waals surface area contributed by atoms with E-state index >= 15 is 0 Å². The van der Waals surface area contributed by atoms with Crippen molar-refractivity contribution in [1.82, 2.24) is 10.3 Å². The summed E-state index contributed by atoms with van der Waals surface area (Å²) in [5.41, 5.74) is 2.16. The van der Waals surface area contributed by atoms with Crippen molar-refractivity contribution in [1.29, 1.82) is 0 Å². The van der Waals surface area contributed by atoms with E-state index in [0.717, 1.165) is 33.7 Å². The van der Waals surface area contributed by atoms with Crippen LogP contribution in [0.1, 0.15) is 30.6 Å². The largest absolute Gasteiger partial charge is 0.305 e. The first-order chi connectivity index (χ1) is 9.22. The van der Waals surface area contributed by atoms with Gasteiger partial charge >= 0.3 is 0 Å². The molecule has 4 heteroatoms. The lowest BCUT2D eigenvalue weighted by atomic mass is 10.0. The molecule has 0 saturated heterocycles. The molecule has 0 aliphatic rings. The van der Waals surface area contributed by atoms with Gasteiger partial charge in [0.25, 0.3) is 0 Å². The van der Waals surface area contributed by atoms with Crippen molar-refractivity contribution >= 4 is 27.5 Å². The molecule has 0 fully saturated rings. The van der Waals surface area contributed by atoms with Crippen LogP contribution in [0.2, 0.25) is 5.02 Å². The van der Waals surface area contributed by atoms with Crippen molar-refractivity contribution in [3.63, 3.8) is 0 Å². The highest BCUT2D eigenvalue weighted by Gasteiger charge is 2.17. The molecule has 19 heavy (non-hydrogen) atoms. The Morgan fingerprint density at radius 3 is 2.63 bits per heavy atom. The SMILES string of the molecule is CCCNC(c1ccc(Cl)cc1)c1ncccc1Br. The highest BCUT2D eigenvalue weighted by molar-refractivity contribution is 9.10. The monoisotopic (exact) mass is 338 g/mol. The summed E-state index contributed by atoms with van der Waals surface area (Å²) in [5, 5.41) is 4.27. The van der Waals surface area contributed by atoms with Crippen LogP contribution in [0.4, 0.5) is 0 Å². The van der Waals surface area contributed by atoms with Crippen LogP contribution in [0.15, 0.2) is 47.1 Å². The first-order valence-electron chi connectivity index (χ1n) is 6.31. The minimum atomic E-state index is 0.0767. The minimum Gasteiger partial charge on any atom is -0.305 e. The summed E-state index contributed by atoms with van der Waals surface area (Å²) in [6.45, 7) is 3.09. The molecule has 0 bridgehead atoms. The minimum absolute atomic E-state index is 0.0767. The second-order valence-electron chi connectivity index (χ2n) is 4.31. The van der Waals surface area contributed by atoms with Crippen LogP contribution >= 0.6 is 27.5 Å². The average Bonchev–Trinajstić information content (AvgIpc) is 2.43. The lowest BCUT2D eigenvalue weighted by molar-refractivity contribution is 0.584. The molecule has 0 spiro atoms. The molecule has 0 amide bonds. The summed E-state index contributed by atoms with van der Waals surface area (Å²) in [4.78, 5) is 4.49. The lowest BCUT2D eigenvalue weighted by Crippen LogP contribution is -2.24. The number of hydrogen-bond donors (Lipinski definition) is 1. The average molecular weight is 340 g/mol. The Morgan fingerprint density at radius 2 is 2.00 bits per heavy atom. The van der Waals surface area contributed by atoms with Crippen molar-refractivity contribution in [2.45, 2.75) is 19.4 Å². The van der Waals surface area contributed by atoms with E-state index in [9.17, 15) is 0 Å². The van der Waals surface area contributed by atoms with Crippen molar-refractivity contribution in [2.75, 3.05) is 6.54 Å². The van der Waals surface area contributed by atoms with Gasteiger partial charge in [-0.2, -0.15) is 0 Å². The molecule has 1 aromatic carbocycles. The van der Waals surface area contributed by atoms with Gasteiger partial charge in [-0.15, -0.1) is 0 Å². The van der Waals surface area contributed by atoms with Gasteiger partial charge in [0, 0.05) is 15.7 Å². The van der Waals surface area contributed by atoms with Crippen LogP contribution in [0.25, 0.3) is 0 Å². The number of rotatable bonds is 5. The van der Waals surface area contributed by atoms with Gasteiger partial charge in [-0.3, -0.25) is 4.98 Å². The third-order valence-electron chi connectivity index (χ3n) is 2.86. The molecule has 0 aliphatic heterocycles. The molecule has 2 aromatic rings. The van der Waals surface area contributed by atoms with Gasteiger partial charge in [-0.25, -0.2) is 0 Å². The first-order valence-corrected chi connectivity index (χ1v) is 7.48. The predicted molar refractivity (Wildman–Crippen MR) is 83.5 cm³/mol. The summed E-state index contributed by atoms with van der Waals surface area (Å²) < 4.78 is 1.01. The molecule has 2 nitrogen and oxygen atoms in total. The van der Waals surface area contributed by atoms with E-state index in [-0.39, 0.29) is 6.04 Å². The van der Waals surface area contributed by atoms with Gasteiger partial charge in [-0.1, -0.05) is 30.7 Å². The summed E-state index contributed by atoms with van der Waals surface area (Å²) >= 11 is 9.52. The Bertz CT molecular complexity index is 528. The topological polar surface area (TPSA) is 24.9 Å². The molecular formula is C15H16BrClN2. The van der Waals surface area contributed by atoms with Gasteiger partial charge in [-0.05, 0) is 58.7 Å². The molecule has 100 valence electrons. The van der Waals surface area contributed by atoms with E-state index in [0.29, 0.717) is 0 Å². The molecule has 1 heterocycles. The highest BCUT2D eigenvalue weighted by Crippen LogP contribution is 2.27. The molecule has 1 unspecified atom stereocenters. The van der Waals surface area contributed by atoms with Crippen LogP contribution in [0.5, 0.6) is 0 Å². The fourth-order valence-electron chi connectivity index (χ4n) is 1.93. The molecule has 0 saturated carbocycles. The van der Waals surface area contributed by atoms with Crippen LogP contribution in [-0.2, 0) is 0 Å². The van der Waals surface area contributed by atoms with E-state index in [2.05, 4.69) is 33.2 Å². The van der Waals surface area contributed by atoms with Crippen LogP contribution in [0.3, 0.4) is 0 Å². The van der Waals surface area contributed by atoms with Gasteiger partial charge in [0.15, 0.2) is 0 Å². The predicted octanol–water partition coefficient (Wildman–Crippen LogP) is 4.59. The van der Waals surface area contributed by atoms with E-state index in [1.165, 1.54) is 0 Å². The van der Waals surface area contributed by atoms with Crippen LogP contribution < -0.4 is 5.32 Å². The molecule has 1 aromatic heterocycles. The molecule has 2 rings (SSSR count). The van der Waals surface area contributed by atoms with Gasteiger partial charge in [0.05, 0.1) is 11.7 Å². The number of nitrogens with zero attached hydrogens (tertiary/aromatic N) is 1. The maximum absolute atomic E-state index is 5.95. The summed E-state index contributed by atoms with van der Waals surface area (Å²) in [6, 6.07) is 11.9. The number of nitrogens with one attached hydrogen (secondary N) is 1. The Hall–Kier alpha value is -0.900. The number of pyridine rings is 1. The Balaban J connectivity index is 2.35. The Kier molecular flexibility index (Phi) is 5.37. The molecule has 0 radical (unpaired) electrons. The number of aromatic nitrogens is 1. The van der Waals surface area contributed by atoms with Crippen LogP contribution in [0, 0.1) is 0 Å². The standard InChI is InChI=1S/C15H16BrClN2/c1-2-9-18-14(11-5-7-12(17)8-6-11)15-13(16)4-3-10-19-15/h3-8,10,14,18H,2,9H2,1H3. The third-order valence-corrected chi connectivity index (χ3v) is 3.78. The number of halogens is 2. The molecular weight excluding hydrogens is 324 g/mol. The van der Waals surface area contributed by atoms with E-state index < -0.39 is 0 Å². The van der Waals surface area contributed by atoms with Gasteiger partial charge in [0.1, 0.15) is 0 Å². The Labute approximate surface area is 127 Å². The van der Waals surface area contributed by atoms with Crippen molar-refractivity contribution in [3.8, 4) is 0 Å². The Morgan fingerprint density at radius 1 is 1.26 bits per heavy atom. The van der Waals surface area contributed by atoms with E-state index in [1.54, 1.807) is 0 Å². The number of hydrogen-bond acceptors (Lipinski definition) is 2. The molecule has 0 aliphatic carbocycles. The molecule has 1 N–H and O–H groups in total. The zero-order chi connectivity index (χ0) is 13.7. The third kappa shape index (κ3) is 3.78. The summed E-state index contributed by atoms with van der Waals surface area (Å²) in [6.07, 6.45) is 2.89. The van der Waals surface area contributed by atoms with Crippen molar-refractivity contribution < 1.29 is 0 Å². The normalized spacial score (nSPS) is 12.4. The maximum atomic E-state index is 5.95. The van der Waals surface area contributed by atoms with Crippen molar-refractivity contribution in [2.24, 2.45) is 0 Å². The first kappa shape index (κ1) is 14.5. The fourth-order valence-corrected chi connectivity index (χ4v) is 2.54. The summed E-state index contributed by atoms with van der Waals surface area (Å²) in [7, 11) is 0. The van der Waals surface area contributed by atoms with E-state index in [4.69, 9.17) is 11.6 Å². The zero-order valence-corrected chi connectivity index (χ0v) is 13.1. The lowest BCUT2D eigenvalue weighted by Gasteiger charge is -2.19. The fraction of sp³-hybridized carbons (Fsp3) is 0.267.